The van der Waals surface area contributed by atoms with Crippen molar-refractivity contribution in [3.8, 4) is 23.0 Å². The van der Waals surface area contributed by atoms with Gasteiger partial charge >= 0.3 is 0 Å². The Morgan fingerprint density at radius 2 is 2.00 bits per heavy atom. The molecule has 0 aliphatic heterocycles. The van der Waals surface area contributed by atoms with E-state index in [0.29, 0.717) is 28.6 Å². The Morgan fingerprint density at radius 1 is 1.16 bits per heavy atom. The van der Waals surface area contributed by atoms with E-state index in [-0.39, 0.29) is 6.61 Å². The molecule has 9 heteroatoms. The lowest BCUT2D eigenvalue weighted by Crippen LogP contribution is -2.04. The lowest BCUT2D eigenvalue weighted by molar-refractivity contribution is 0.306. The van der Waals surface area contributed by atoms with Gasteiger partial charge < -0.3 is 4.74 Å². The zero-order valence-corrected chi connectivity index (χ0v) is 14.5. The Labute approximate surface area is 145 Å². The van der Waals surface area contributed by atoms with E-state index in [2.05, 4.69) is 15.1 Å². The first-order valence-electron chi connectivity index (χ1n) is 7.31. The van der Waals surface area contributed by atoms with Gasteiger partial charge in [0.2, 0.25) is 5.88 Å². The average molecular weight is 360 g/mol. The molecule has 0 saturated heterocycles. The molecule has 3 rings (SSSR count). The molecule has 3 aromatic heterocycles. The minimum absolute atomic E-state index is 0.157. The first-order valence-corrected chi connectivity index (χ1v) is 9.13. The standard InChI is InChI=1S/C16H16N4O4S/c1-23-16-7-6-13(10-18-16)20-15(14-5-3-4-8-17-14)9-12(19-20)11-24-25(2,21)22/h3-10H,11H2,1-2H3. The molecule has 0 unspecified atom stereocenters. The molecule has 25 heavy (non-hydrogen) atoms. The van der Waals surface area contributed by atoms with E-state index < -0.39 is 10.1 Å². The second-order valence-corrected chi connectivity index (χ2v) is 6.82. The Bertz CT molecular complexity index is 954. The van der Waals surface area contributed by atoms with Crippen LogP contribution in [-0.2, 0) is 20.9 Å². The third-order valence-corrected chi connectivity index (χ3v) is 3.83. The summed E-state index contributed by atoms with van der Waals surface area (Å²) in [5.41, 5.74) is 2.53. The molecule has 0 aliphatic carbocycles. The third kappa shape index (κ3) is 4.20. The highest BCUT2D eigenvalue weighted by Crippen LogP contribution is 2.23. The Kier molecular flexibility index (Phi) is 4.77. The van der Waals surface area contributed by atoms with Crippen molar-refractivity contribution in [2.24, 2.45) is 0 Å². The summed E-state index contributed by atoms with van der Waals surface area (Å²) in [7, 11) is -2.02. The molecule has 0 aliphatic rings. The van der Waals surface area contributed by atoms with Crippen molar-refractivity contribution in [2.45, 2.75) is 6.61 Å². The van der Waals surface area contributed by atoms with Crippen LogP contribution in [0.1, 0.15) is 5.69 Å². The van der Waals surface area contributed by atoms with E-state index >= 15 is 0 Å². The highest BCUT2D eigenvalue weighted by Gasteiger charge is 2.14. The SMILES string of the molecule is COc1ccc(-n2nc(COS(C)(=O)=O)cc2-c2ccccn2)cn1. The summed E-state index contributed by atoms with van der Waals surface area (Å²) in [6.07, 6.45) is 4.28. The van der Waals surface area contributed by atoms with Gasteiger partial charge in [-0.15, -0.1) is 0 Å². The fourth-order valence-corrected chi connectivity index (χ4v) is 2.51. The molecule has 130 valence electrons. The van der Waals surface area contributed by atoms with Crippen LogP contribution in [-0.4, -0.2) is 41.5 Å². The largest absolute Gasteiger partial charge is 0.481 e. The zero-order valence-electron chi connectivity index (χ0n) is 13.7. The van der Waals surface area contributed by atoms with Crippen molar-refractivity contribution < 1.29 is 17.3 Å². The second kappa shape index (κ2) is 6.99. The van der Waals surface area contributed by atoms with Gasteiger partial charge in [-0.3, -0.25) is 9.17 Å². The fraction of sp³-hybridized carbons (Fsp3) is 0.188. The van der Waals surface area contributed by atoms with Gasteiger partial charge in [0.05, 0.1) is 42.3 Å². The van der Waals surface area contributed by atoms with E-state index in [0.717, 1.165) is 6.26 Å². The summed E-state index contributed by atoms with van der Waals surface area (Å²) in [6.45, 7) is -0.157. The Morgan fingerprint density at radius 3 is 2.60 bits per heavy atom. The molecule has 0 saturated carbocycles. The fourth-order valence-electron chi connectivity index (χ4n) is 2.18. The van der Waals surface area contributed by atoms with E-state index in [1.54, 1.807) is 35.3 Å². The molecule has 0 spiro atoms. The Hall–Kier alpha value is -2.78. The summed E-state index contributed by atoms with van der Waals surface area (Å²) >= 11 is 0. The molecular weight excluding hydrogens is 344 g/mol. The van der Waals surface area contributed by atoms with Gasteiger partial charge in [0.25, 0.3) is 10.1 Å². The third-order valence-electron chi connectivity index (χ3n) is 3.28. The number of rotatable bonds is 6. The van der Waals surface area contributed by atoms with E-state index in [1.165, 1.54) is 7.11 Å². The van der Waals surface area contributed by atoms with Crippen LogP contribution in [0.15, 0.2) is 48.8 Å². The van der Waals surface area contributed by atoms with Gasteiger partial charge in [0.1, 0.15) is 6.61 Å². The van der Waals surface area contributed by atoms with E-state index in [9.17, 15) is 8.42 Å². The van der Waals surface area contributed by atoms with Gasteiger partial charge in [0.15, 0.2) is 0 Å². The molecular formula is C16H16N4O4S. The number of nitrogens with zero attached hydrogens (tertiary/aromatic N) is 4. The van der Waals surface area contributed by atoms with Crippen LogP contribution in [0.2, 0.25) is 0 Å². The average Bonchev–Trinajstić information content (AvgIpc) is 3.05. The van der Waals surface area contributed by atoms with Crippen LogP contribution in [0.3, 0.4) is 0 Å². The Balaban J connectivity index is 2.03. The van der Waals surface area contributed by atoms with Crippen LogP contribution in [0, 0.1) is 0 Å². The molecule has 3 heterocycles. The monoisotopic (exact) mass is 360 g/mol. The molecule has 0 amide bonds. The van der Waals surface area contributed by atoms with Gasteiger partial charge in [-0.2, -0.15) is 13.5 Å². The molecule has 0 bridgehead atoms. The summed E-state index contributed by atoms with van der Waals surface area (Å²) in [6, 6.07) is 10.8. The molecule has 0 radical (unpaired) electrons. The molecule has 0 atom stereocenters. The highest BCUT2D eigenvalue weighted by molar-refractivity contribution is 7.85. The summed E-state index contributed by atoms with van der Waals surface area (Å²) < 4.78 is 34.0. The number of ether oxygens (including phenoxy) is 1. The van der Waals surface area contributed by atoms with Crippen molar-refractivity contribution >= 4 is 10.1 Å². The van der Waals surface area contributed by atoms with E-state index in [1.807, 2.05) is 18.2 Å². The zero-order chi connectivity index (χ0) is 17.9. The van der Waals surface area contributed by atoms with Gasteiger partial charge in [0, 0.05) is 12.3 Å². The molecule has 0 N–H and O–H groups in total. The summed E-state index contributed by atoms with van der Waals surface area (Å²) in [5.74, 6) is 0.482. The minimum Gasteiger partial charge on any atom is -0.481 e. The smallest absolute Gasteiger partial charge is 0.264 e. The summed E-state index contributed by atoms with van der Waals surface area (Å²) in [4.78, 5) is 8.50. The van der Waals surface area contributed by atoms with Crippen molar-refractivity contribution in [2.75, 3.05) is 13.4 Å². The summed E-state index contributed by atoms with van der Waals surface area (Å²) in [5, 5.41) is 4.42. The van der Waals surface area contributed by atoms with Crippen molar-refractivity contribution in [3.05, 3.63) is 54.5 Å². The van der Waals surface area contributed by atoms with Gasteiger partial charge in [-0.1, -0.05) is 6.07 Å². The maximum Gasteiger partial charge on any atom is 0.264 e. The van der Waals surface area contributed by atoms with Crippen molar-refractivity contribution in [1.82, 2.24) is 19.7 Å². The molecule has 0 fully saturated rings. The van der Waals surface area contributed by atoms with Crippen molar-refractivity contribution in [3.63, 3.8) is 0 Å². The molecule has 0 aromatic carbocycles. The lowest BCUT2D eigenvalue weighted by atomic mass is 10.2. The first kappa shape index (κ1) is 17.1. The second-order valence-electron chi connectivity index (χ2n) is 5.17. The maximum atomic E-state index is 11.2. The predicted octanol–water partition coefficient (Wildman–Crippen LogP) is 1.81. The van der Waals surface area contributed by atoms with Crippen LogP contribution in [0.5, 0.6) is 5.88 Å². The molecule has 8 nitrogen and oxygen atoms in total. The van der Waals surface area contributed by atoms with Crippen LogP contribution >= 0.6 is 0 Å². The number of pyridine rings is 2. The predicted molar refractivity (Wildman–Crippen MR) is 90.8 cm³/mol. The van der Waals surface area contributed by atoms with Crippen LogP contribution in [0.25, 0.3) is 17.1 Å². The maximum absolute atomic E-state index is 11.2. The topological polar surface area (TPSA) is 96.2 Å². The number of hydrogen-bond acceptors (Lipinski definition) is 7. The normalized spacial score (nSPS) is 11.4. The number of aromatic nitrogens is 4. The first-order chi connectivity index (χ1) is 12.0. The van der Waals surface area contributed by atoms with Crippen LogP contribution < -0.4 is 4.74 Å². The minimum atomic E-state index is -3.56. The van der Waals surface area contributed by atoms with Gasteiger partial charge in [-0.05, 0) is 24.3 Å². The van der Waals surface area contributed by atoms with E-state index in [4.69, 9.17) is 8.92 Å². The lowest BCUT2D eigenvalue weighted by Gasteiger charge is -2.07. The number of hydrogen-bond donors (Lipinski definition) is 0. The van der Waals surface area contributed by atoms with Crippen molar-refractivity contribution in [1.29, 1.82) is 0 Å². The van der Waals surface area contributed by atoms with Gasteiger partial charge in [-0.25, -0.2) is 9.67 Å². The quantitative estimate of drug-likeness (QED) is 0.619. The van der Waals surface area contributed by atoms with Crippen LogP contribution in [0.4, 0.5) is 0 Å². The number of methoxy groups -OCH3 is 1. The molecule has 3 aromatic rings. The highest BCUT2D eigenvalue weighted by atomic mass is 32.2.